The van der Waals surface area contributed by atoms with Crippen molar-refractivity contribution in [3.05, 3.63) is 70.0 Å². The summed E-state index contributed by atoms with van der Waals surface area (Å²) in [5.41, 5.74) is -0.296. The molecular formula is C19H14F3N5O4. The Labute approximate surface area is 173 Å². The monoisotopic (exact) mass is 433 g/mol. The maximum absolute atomic E-state index is 12.7. The summed E-state index contributed by atoms with van der Waals surface area (Å²) < 4.78 is 48.7. The molecule has 0 atom stereocenters. The number of benzene rings is 2. The van der Waals surface area contributed by atoms with Gasteiger partial charge in [-0.3, -0.25) is 10.1 Å². The Hall–Kier alpha value is -4.09. The number of fused-ring (bicyclic) bond motifs is 1. The summed E-state index contributed by atoms with van der Waals surface area (Å²) >= 11 is 0. The molecule has 1 aliphatic heterocycles. The minimum Gasteiger partial charge on any atom is -0.454 e. The molecule has 0 spiro atoms. The van der Waals surface area contributed by atoms with Gasteiger partial charge < -0.3 is 20.1 Å². The van der Waals surface area contributed by atoms with Crippen molar-refractivity contribution in [2.75, 3.05) is 17.4 Å². The number of hydrogen-bond acceptors (Lipinski definition) is 8. The Balaban J connectivity index is 1.54. The number of halogens is 3. The van der Waals surface area contributed by atoms with Gasteiger partial charge in [0.05, 0.1) is 10.5 Å². The number of rotatable bonds is 6. The van der Waals surface area contributed by atoms with Gasteiger partial charge in [0.1, 0.15) is 6.33 Å². The second-order valence-electron chi connectivity index (χ2n) is 6.42. The van der Waals surface area contributed by atoms with E-state index < -0.39 is 22.4 Å². The zero-order valence-electron chi connectivity index (χ0n) is 15.6. The van der Waals surface area contributed by atoms with Gasteiger partial charge >= 0.3 is 11.9 Å². The summed E-state index contributed by atoms with van der Waals surface area (Å²) in [5, 5.41) is 17.2. The average molecular weight is 433 g/mol. The molecule has 12 heteroatoms. The molecule has 0 saturated heterocycles. The van der Waals surface area contributed by atoms with Crippen molar-refractivity contribution in [3.8, 4) is 11.5 Å². The van der Waals surface area contributed by atoms with E-state index in [2.05, 4.69) is 20.6 Å². The van der Waals surface area contributed by atoms with Crippen LogP contribution < -0.4 is 20.1 Å². The number of hydrogen-bond donors (Lipinski definition) is 2. The molecule has 9 nitrogen and oxygen atoms in total. The molecule has 0 bridgehead atoms. The van der Waals surface area contributed by atoms with Crippen molar-refractivity contribution in [2.24, 2.45) is 0 Å². The van der Waals surface area contributed by atoms with Gasteiger partial charge in [0.15, 0.2) is 11.5 Å². The highest BCUT2D eigenvalue weighted by atomic mass is 19.4. The first-order valence-electron chi connectivity index (χ1n) is 8.87. The van der Waals surface area contributed by atoms with Crippen LogP contribution in [0.3, 0.4) is 0 Å². The first-order chi connectivity index (χ1) is 14.8. The second-order valence-corrected chi connectivity index (χ2v) is 6.42. The Kier molecular flexibility index (Phi) is 5.19. The lowest BCUT2D eigenvalue weighted by Gasteiger charge is -2.11. The molecule has 0 unspecified atom stereocenters. The maximum atomic E-state index is 12.7. The quantitative estimate of drug-likeness (QED) is 0.432. The lowest BCUT2D eigenvalue weighted by Crippen LogP contribution is -2.08. The molecule has 0 radical (unpaired) electrons. The van der Waals surface area contributed by atoms with Crippen LogP contribution in [0.4, 0.5) is 36.2 Å². The Morgan fingerprint density at radius 1 is 1.03 bits per heavy atom. The fourth-order valence-electron chi connectivity index (χ4n) is 2.89. The van der Waals surface area contributed by atoms with Crippen LogP contribution in [-0.4, -0.2) is 21.7 Å². The van der Waals surface area contributed by atoms with E-state index in [0.29, 0.717) is 11.5 Å². The zero-order chi connectivity index (χ0) is 22.0. The molecule has 2 aromatic carbocycles. The number of alkyl halides is 3. The van der Waals surface area contributed by atoms with E-state index in [4.69, 9.17) is 9.47 Å². The molecule has 1 aromatic heterocycles. The topological polar surface area (TPSA) is 111 Å². The Morgan fingerprint density at radius 3 is 2.45 bits per heavy atom. The maximum Gasteiger partial charge on any atom is 0.416 e. The van der Waals surface area contributed by atoms with Gasteiger partial charge in [0, 0.05) is 12.2 Å². The highest BCUT2D eigenvalue weighted by Gasteiger charge is 2.30. The van der Waals surface area contributed by atoms with Gasteiger partial charge in [-0.05, 0) is 42.0 Å². The van der Waals surface area contributed by atoms with Gasteiger partial charge in [0.25, 0.3) is 0 Å². The summed E-state index contributed by atoms with van der Waals surface area (Å²) in [4.78, 5) is 18.8. The molecule has 3 aromatic rings. The van der Waals surface area contributed by atoms with Crippen LogP contribution in [0.15, 0.2) is 48.8 Å². The largest absolute Gasteiger partial charge is 0.454 e. The molecule has 0 aliphatic carbocycles. The Morgan fingerprint density at radius 2 is 1.74 bits per heavy atom. The van der Waals surface area contributed by atoms with E-state index in [0.717, 1.165) is 36.2 Å². The van der Waals surface area contributed by atoms with Crippen LogP contribution in [0, 0.1) is 10.1 Å². The van der Waals surface area contributed by atoms with Crippen LogP contribution in [-0.2, 0) is 12.7 Å². The summed E-state index contributed by atoms with van der Waals surface area (Å²) in [7, 11) is 0. The predicted molar refractivity (Wildman–Crippen MR) is 103 cm³/mol. The van der Waals surface area contributed by atoms with Gasteiger partial charge in [0.2, 0.25) is 18.4 Å². The number of ether oxygens (including phenoxy) is 2. The van der Waals surface area contributed by atoms with Crippen molar-refractivity contribution in [1.29, 1.82) is 0 Å². The normalized spacial score (nSPS) is 12.5. The zero-order valence-corrected chi connectivity index (χ0v) is 15.6. The molecule has 31 heavy (non-hydrogen) atoms. The average Bonchev–Trinajstić information content (AvgIpc) is 3.19. The minimum atomic E-state index is -4.48. The number of nitrogens with zero attached hydrogens (tertiary/aromatic N) is 3. The van der Waals surface area contributed by atoms with E-state index in [1.165, 1.54) is 0 Å². The number of nitro groups is 1. The summed E-state index contributed by atoms with van der Waals surface area (Å²) in [5.74, 6) is 0.973. The van der Waals surface area contributed by atoms with Gasteiger partial charge in [-0.2, -0.15) is 13.2 Å². The third-order valence-corrected chi connectivity index (χ3v) is 4.38. The standard InChI is InChI=1S/C19H14F3N5O4/c20-19(21,22)12-2-4-13(5-3-12)26-18-16(27(28)29)17(24-9-25-18)23-8-11-1-6-14-15(7-11)31-10-30-14/h1-7,9H,8,10H2,(H2,23,24,25,26). The van der Waals surface area contributed by atoms with Crippen molar-refractivity contribution >= 4 is 23.0 Å². The highest BCUT2D eigenvalue weighted by molar-refractivity contribution is 5.73. The third kappa shape index (κ3) is 4.42. The summed E-state index contributed by atoms with van der Waals surface area (Å²) in [6.07, 6.45) is -3.37. The SMILES string of the molecule is O=[N+]([O-])c1c(NCc2ccc3c(c2)OCO3)ncnc1Nc1ccc(C(F)(F)F)cc1. The van der Waals surface area contributed by atoms with Gasteiger partial charge in [-0.15, -0.1) is 0 Å². The summed E-state index contributed by atoms with van der Waals surface area (Å²) in [6, 6.07) is 9.30. The summed E-state index contributed by atoms with van der Waals surface area (Å²) in [6.45, 7) is 0.330. The van der Waals surface area contributed by atoms with E-state index in [9.17, 15) is 23.3 Å². The molecule has 1 aliphatic rings. The fourth-order valence-corrected chi connectivity index (χ4v) is 2.89. The lowest BCUT2D eigenvalue weighted by molar-refractivity contribution is -0.383. The number of aromatic nitrogens is 2. The lowest BCUT2D eigenvalue weighted by atomic mass is 10.2. The van der Waals surface area contributed by atoms with Crippen LogP contribution in [0.2, 0.25) is 0 Å². The van der Waals surface area contributed by atoms with Crippen LogP contribution >= 0.6 is 0 Å². The predicted octanol–water partition coefficient (Wildman–Crippen LogP) is 4.49. The highest BCUT2D eigenvalue weighted by Crippen LogP contribution is 2.35. The molecule has 0 saturated carbocycles. The Bertz CT molecular complexity index is 1120. The number of nitrogens with one attached hydrogen (secondary N) is 2. The van der Waals surface area contributed by atoms with E-state index in [-0.39, 0.29) is 30.7 Å². The first-order valence-corrected chi connectivity index (χ1v) is 8.87. The van der Waals surface area contributed by atoms with E-state index >= 15 is 0 Å². The van der Waals surface area contributed by atoms with Gasteiger partial charge in [-0.1, -0.05) is 6.07 Å². The van der Waals surface area contributed by atoms with Crippen LogP contribution in [0.25, 0.3) is 0 Å². The molecule has 4 rings (SSSR count). The van der Waals surface area contributed by atoms with Crippen LogP contribution in [0.5, 0.6) is 11.5 Å². The molecule has 0 fully saturated rings. The van der Waals surface area contributed by atoms with Crippen molar-refractivity contribution in [3.63, 3.8) is 0 Å². The number of anilines is 3. The van der Waals surface area contributed by atoms with Crippen molar-refractivity contribution < 1.29 is 27.6 Å². The third-order valence-electron chi connectivity index (χ3n) is 4.38. The smallest absolute Gasteiger partial charge is 0.416 e. The molecule has 160 valence electrons. The molecule has 2 N–H and O–H groups in total. The van der Waals surface area contributed by atoms with Crippen molar-refractivity contribution in [1.82, 2.24) is 9.97 Å². The fraction of sp³-hybridized carbons (Fsp3) is 0.158. The first kappa shape index (κ1) is 20.2. The minimum absolute atomic E-state index is 0.0490. The molecular weight excluding hydrogens is 419 g/mol. The molecule has 0 amide bonds. The van der Waals surface area contributed by atoms with Gasteiger partial charge in [-0.25, -0.2) is 9.97 Å². The molecule has 2 heterocycles. The van der Waals surface area contributed by atoms with E-state index in [1.54, 1.807) is 18.2 Å². The van der Waals surface area contributed by atoms with Crippen LogP contribution in [0.1, 0.15) is 11.1 Å². The van der Waals surface area contributed by atoms with E-state index in [1.807, 2.05) is 0 Å². The van der Waals surface area contributed by atoms with Crippen molar-refractivity contribution in [2.45, 2.75) is 12.7 Å². The second kappa shape index (κ2) is 7.97.